The molecule has 0 N–H and O–H groups in total. The van der Waals surface area contributed by atoms with E-state index in [1.54, 1.807) is 14.0 Å². The number of methoxy groups -OCH3 is 2. The molecule has 144 valence electrons. The molecule has 0 spiro atoms. The SMILES string of the molecule is COC(=O)[C@@H](C)[C@@H](CCCCCCOCc1ccc(OC)cc1)N=[N+]=[N-]. The van der Waals surface area contributed by atoms with Crippen LogP contribution >= 0.6 is 0 Å². The Hall–Kier alpha value is -2.24. The molecule has 1 aromatic carbocycles. The Kier molecular flexibility index (Phi) is 10.9. The molecule has 0 saturated carbocycles. The number of unbranched alkanes of at least 4 members (excludes halogenated alkanes) is 3. The predicted molar refractivity (Wildman–Crippen MR) is 99.8 cm³/mol. The number of hydrogen-bond donors (Lipinski definition) is 0. The Labute approximate surface area is 155 Å². The maximum atomic E-state index is 11.6. The van der Waals surface area contributed by atoms with Crippen molar-refractivity contribution in [1.29, 1.82) is 0 Å². The molecule has 0 amide bonds. The molecule has 0 heterocycles. The zero-order chi connectivity index (χ0) is 19.2. The van der Waals surface area contributed by atoms with Crippen molar-refractivity contribution in [2.75, 3.05) is 20.8 Å². The zero-order valence-electron chi connectivity index (χ0n) is 15.9. The minimum absolute atomic E-state index is 0.339. The van der Waals surface area contributed by atoms with Crippen LogP contribution in [0.25, 0.3) is 10.4 Å². The number of carbonyl (C=O) groups excluding carboxylic acids is 1. The van der Waals surface area contributed by atoms with E-state index >= 15 is 0 Å². The van der Waals surface area contributed by atoms with Gasteiger partial charge in [-0.2, -0.15) is 0 Å². The van der Waals surface area contributed by atoms with Gasteiger partial charge in [0.15, 0.2) is 0 Å². The van der Waals surface area contributed by atoms with E-state index in [-0.39, 0.29) is 12.0 Å². The van der Waals surface area contributed by atoms with E-state index in [1.165, 1.54) is 7.11 Å². The Morgan fingerprint density at radius 3 is 2.46 bits per heavy atom. The van der Waals surface area contributed by atoms with Gasteiger partial charge in [0.05, 0.1) is 32.8 Å². The van der Waals surface area contributed by atoms with Gasteiger partial charge < -0.3 is 14.2 Å². The Balaban J connectivity index is 2.13. The highest BCUT2D eigenvalue weighted by atomic mass is 16.5. The number of benzene rings is 1. The van der Waals surface area contributed by atoms with Crippen LogP contribution in [-0.2, 0) is 20.9 Å². The number of esters is 1. The molecule has 0 aromatic heterocycles. The van der Waals surface area contributed by atoms with E-state index < -0.39 is 5.92 Å². The third kappa shape index (κ3) is 8.23. The molecule has 0 fully saturated rings. The normalized spacial score (nSPS) is 12.7. The Morgan fingerprint density at radius 2 is 1.85 bits per heavy atom. The van der Waals surface area contributed by atoms with Gasteiger partial charge in [0.1, 0.15) is 5.75 Å². The second-order valence-corrected chi connectivity index (χ2v) is 6.19. The van der Waals surface area contributed by atoms with E-state index in [9.17, 15) is 4.79 Å². The fraction of sp³-hybridized carbons (Fsp3) is 0.632. The molecule has 2 atom stereocenters. The minimum Gasteiger partial charge on any atom is -0.497 e. The largest absolute Gasteiger partial charge is 0.497 e. The minimum atomic E-state index is -0.413. The van der Waals surface area contributed by atoms with Crippen molar-refractivity contribution in [2.24, 2.45) is 11.0 Å². The van der Waals surface area contributed by atoms with Crippen LogP contribution in [-0.4, -0.2) is 32.8 Å². The van der Waals surface area contributed by atoms with Gasteiger partial charge in [-0.15, -0.1) is 0 Å². The van der Waals surface area contributed by atoms with E-state index in [0.717, 1.165) is 37.0 Å². The van der Waals surface area contributed by atoms with Gasteiger partial charge in [-0.25, -0.2) is 0 Å². The number of azide groups is 1. The van der Waals surface area contributed by atoms with E-state index in [2.05, 4.69) is 10.0 Å². The van der Waals surface area contributed by atoms with Crippen molar-refractivity contribution in [1.82, 2.24) is 0 Å². The van der Waals surface area contributed by atoms with Crippen LogP contribution in [0, 0.1) is 5.92 Å². The van der Waals surface area contributed by atoms with Crippen molar-refractivity contribution in [2.45, 2.75) is 51.7 Å². The molecule has 7 nitrogen and oxygen atoms in total. The van der Waals surface area contributed by atoms with Gasteiger partial charge in [0, 0.05) is 11.5 Å². The summed E-state index contributed by atoms with van der Waals surface area (Å²) in [6, 6.07) is 7.50. The summed E-state index contributed by atoms with van der Waals surface area (Å²) < 4.78 is 15.5. The van der Waals surface area contributed by atoms with Crippen molar-refractivity contribution in [3.8, 4) is 5.75 Å². The van der Waals surface area contributed by atoms with Crippen molar-refractivity contribution in [3.05, 3.63) is 40.3 Å². The van der Waals surface area contributed by atoms with Crippen LogP contribution in [0.2, 0.25) is 0 Å². The maximum Gasteiger partial charge on any atom is 0.308 e. The lowest BCUT2D eigenvalue weighted by Crippen LogP contribution is -2.25. The van der Waals surface area contributed by atoms with Crippen LogP contribution < -0.4 is 4.74 Å². The summed E-state index contributed by atoms with van der Waals surface area (Å²) >= 11 is 0. The number of nitrogens with zero attached hydrogens (tertiary/aromatic N) is 3. The first-order chi connectivity index (χ1) is 12.6. The first-order valence-electron chi connectivity index (χ1n) is 8.95. The summed E-state index contributed by atoms with van der Waals surface area (Å²) in [4.78, 5) is 14.4. The fourth-order valence-electron chi connectivity index (χ4n) is 2.64. The number of rotatable bonds is 13. The van der Waals surface area contributed by atoms with Crippen molar-refractivity contribution >= 4 is 5.97 Å². The highest BCUT2D eigenvalue weighted by Gasteiger charge is 2.23. The van der Waals surface area contributed by atoms with Crippen LogP contribution in [0.15, 0.2) is 29.4 Å². The molecule has 0 radical (unpaired) electrons. The molecule has 7 heteroatoms. The first-order valence-corrected chi connectivity index (χ1v) is 8.95. The van der Waals surface area contributed by atoms with Gasteiger partial charge >= 0.3 is 5.97 Å². The average molecular weight is 363 g/mol. The van der Waals surface area contributed by atoms with E-state index in [0.29, 0.717) is 19.6 Å². The van der Waals surface area contributed by atoms with Crippen LogP contribution in [0.1, 0.15) is 44.6 Å². The van der Waals surface area contributed by atoms with E-state index in [1.807, 2.05) is 24.3 Å². The van der Waals surface area contributed by atoms with Crippen LogP contribution in [0.4, 0.5) is 0 Å². The highest BCUT2D eigenvalue weighted by molar-refractivity contribution is 5.72. The molecule has 0 unspecified atom stereocenters. The average Bonchev–Trinajstić information content (AvgIpc) is 2.68. The lowest BCUT2D eigenvalue weighted by atomic mass is 9.97. The zero-order valence-corrected chi connectivity index (χ0v) is 15.9. The molecular formula is C19H29N3O4. The Bertz CT molecular complexity index is 571. The molecule has 0 saturated heterocycles. The summed E-state index contributed by atoms with van der Waals surface area (Å²) in [6.45, 7) is 3.04. The summed E-state index contributed by atoms with van der Waals surface area (Å²) in [6.07, 6.45) is 4.63. The second-order valence-electron chi connectivity index (χ2n) is 6.19. The molecule has 0 aliphatic carbocycles. The number of hydrogen-bond acceptors (Lipinski definition) is 5. The van der Waals surface area contributed by atoms with Gasteiger partial charge in [0.2, 0.25) is 0 Å². The third-order valence-electron chi connectivity index (χ3n) is 4.32. The number of ether oxygens (including phenoxy) is 3. The van der Waals surface area contributed by atoms with Crippen molar-refractivity contribution in [3.63, 3.8) is 0 Å². The van der Waals surface area contributed by atoms with Crippen molar-refractivity contribution < 1.29 is 19.0 Å². The molecule has 26 heavy (non-hydrogen) atoms. The topological polar surface area (TPSA) is 93.5 Å². The maximum absolute atomic E-state index is 11.6. The van der Waals surface area contributed by atoms with E-state index in [4.69, 9.17) is 19.7 Å². The van der Waals surface area contributed by atoms with Crippen LogP contribution in [0.3, 0.4) is 0 Å². The summed E-state index contributed by atoms with van der Waals surface area (Å²) in [5, 5.41) is 3.73. The third-order valence-corrected chi connectivity index (χ3v) is 4.32. The summed E-state index contributed by atoms with van der Waals surface area (Å²) in [5.74, 6) is 0.0902. The van der Waals surface area contributed by atoms with Gasteiger partial charge in [-0.05, 0) is 36.1 Å². The first kappa shape index (κ1) is 21.8. The second kappa shape index (κ2) is 13.0. The number of carbonyl (C=O) groups is 1. The van der Waals surface area contributed by atoms with Gasteiger partial charge in [0.25, 0.3) is 0 Å². The lowest BCUT2D eigenvalue weighted by Gasteiger charge is -2.16. The molecule has 0 bridgehead atoms. The summed E-state index contributed by atoms with van der Waals surface area (Å²) in [7, 11) is 2.99. The monoisotopic (exact) mass is 363 g/mol. The smallest absolute Gasteiger partial charge is 0.308 e. The standard InChI is InChI=1S/C19H29N3O4/c1-15(19(23)25-3)18(21-22-20)8-6-4-5-7-13-26-14-16-9-11-17(24-2)12-10-16/h9-12,15,18H,4-8,13-14H2,1-3H3/t15-,18+/m0/s1. The highest BCUT2D eigenvalue weighted by Crippen LogP contribution is 2.18. The molecule has 1 rings (SSSR count). The summed E-state index contributed by atoms with van der Waals surface area (Å²) in [5.41, 5.74) is 9.77. The quantitative estimate of drug-likeness (QED) is 0.168. The Morgan fingerprint density at radius 1 is 1.15 bits per heavy atom. The lowest BCUT2D eigenvalue weighted by molar-refractivity contribution is -0.145. The molecular weight excluding hydrogens is 334 g/mol. The van der Waals surface area contributed by atoms with Gasteiger partial charge in [-0.3, -0.25) is 4.79 Å². The van der Waals surface area contributed by atoms with Crippen LogP contribution in [0.5, 0.6) is 5.75 Å². The molecule has 1 aromatic rings. The molecule has 0 aliphatic heterocycles. The molecule has 0 aliphatic rings. The van der Waals surface area contributed by atoms with Gasteiger partial charge in [-0.1, -0.05) is 43.4 Å². The predicted octanol–water partition coefficient (Wildman–Crippen LogP) is 4.65. The fourth-order valence-corrected chi connectivity index (χ4v) is 2.64.